The molecule has 0 aliphatic heterocycles. The van der Waals surface area contributed by atoms with Gasteiger partial charge >= 0.3 is 0 Å². The Morgan fingerprint density at radius 3 is 1.33 bits per heavy atom. The van der Waals surface area contributed by atoms with Gasteiger partial charge in [-0.3, -0.25) is 0 Å². The fourth-order valence-corrected chi connectivity index (χ4v) is 12.1. The van der Waals surface area contributed by atoms with Crippen LogP contribution in [0.4, 0.5) is 0 Å². The number of hydrogen-bond acceptors (Lipinski definition) is 2. The predicted molar refractivity (Wildman–Crippen MR) is 175 cm³/mol. The smallest absolute Gasteiger partial charge is 0.199 e. The molecule has 2 aromatic heterocycles. The van der Waals surface area contributed by atoms with Crippen LogP contribution < -0.4 is 15.6 Å². The molecule has 0 N–H and O–H groups in total. The highest BCUT2D eigenvalue weighted by molar-refractivity contribution is 7.12. The molecule has 5 heteroatoms. The van der Waals surface area contributed by atoms with E-state index in [2.05, 4.69) is 167 Å². The Hall–Kier alpha value is -5.26. The molecule has 0 saturated heterocycles. The summed E-state index contributed by atoms with van der Waals surface area (Å²) in [5.41, 5.74) is 4.27. The lowest BCUT2D eigenvalue weighted by atomic mass is 10.2. The van der Waals surface area contributed by atoms with Crippen LogP contribution in [0.15, 0.2) is 164 Å². The predicted octanol–water partition coefficient (Wildman–Crippen LogP) is 6.30. The topological polar surface area (TPSA) is 35.6 Å². The fraction of sp³-hybridized carbons (Fsp3) is 0.0270. The SMILES string of the molecule is c1ccc([Si](c2ccccc2)(c2ccccc2)C(n2nnc3ccccc32)n2c3ccccc3c3ccccc32)cc1. The maximum Gasteiger partial charge on any atom is 0.199 e. The average molecular weight is 557 g/mol. The molecule has 2 heterocycles. The Kier molecular flexibility index (Phi) is 5.83. The Morgan fingerprint density at radius 2 is 0.833 bits per heavy atom. The number of hydrogen-bond donors (Lipinski definition) is 0. The molecule has 1 unspecified atom stereocenters. The van der Waals surface area contributed by atoms with Crippen molar-refractivity contribution in [3.8, 4) is 0 Å². The number of aromatic nitrogens is 4. The normalized spacial score (nSPS) is 12.7. The van der Waals surface area contributed by atoms with Gasteiger partial charge in [0, 0.05) is 10.8 Å². The van der Waals surface area contributed by atoms with Crippen molar-refractivity contribution in [3.05, 3.63) is 164 Å². The number of nitrogens with zero attached hydrogens (tertiary/aromatic N) is 4. The molecule has 8 aromatic rings. The summed E-state index contributed by atoms with van der Waals surface area (Å²) in [7, 11) is -2.99. The lowest BCUT2D eigenvalue weighted by molar-refractivity contribution is 0.529. The Labute approximate surface area is 245 Å². The minimum Gasteiger partial charge on any atom is -0.319 e. The van der Waals surface area contributed by atoms with Crippen LogP contribution in [-0.4, -0.2) is 27.6 Å². The van der Waals surface area contributed by atoms with Gasteiger partial charge in [0.05, 0.1) is 16.6 Å². The molecule has 0 saturated carbocycles. The summed E-state index contributed by atoms with van der Waals surface area (Å²) in [5, 5.41) is 16.1. The van der Waals surface area contributed by atoms with Crippen LogP contribution >= 0.6 is 0 Å². The van der Waals surface area contributed by atoms with Gasteiger partial charge in [-0.1, -0.05) is 145 Å². The minimum atomic E-state index is -2.99. The van der Waals surface area contributed by atoms with E-state index in [9.17, 15) is 0 Å². The van der Waals surface area contributed by atoms with Crippen molar-refractivity contribution in [2.45, 2.75) is 5.79 Å². The molecular formula is C37H28N4Si. The molecule has 0 amide bonds. The van der Waals surface area contributed by atoms with Crippen molar-refractivity contribution < 1.29 is 0 Å². The van der Waals surface area contributed by atoms with Gasteiger partial charge in [0.2, 0.25) is 0 Å². The first-order valence-electron chi connectivity index (χ1n) is 14.3. The summed E-state index contributed by atoms with van der Waals surface area (Å²) < 4.78 is 4.75. The highest BCUT2D eigenvalue weighted by Gasteiger charge is 2.50. The van der Waals surface area contributed by atoms with Crippen LogP contribution in [0.2, 0.25) is 0 Å². The monoisotopic (exact) mass is 556 g/mol. The zero-order chi connectivity index (χ0) is 27.9. The zero-order valence-corrected chi connectivity index (χ0v) is 24.0. The molecule has 4 nitrogen and oxygen atoms in total. The number of benzene rings is 6. The van der Waals surface area contributed by atoms with Gasteiger partial charge in [-0.25, -0.2) is 4.68 Å². The Bertz CT molecular complexity index is 2000. The largest absolute Gasteiger partial charge is 0.319 e. The van der Waals surface area contributed by atoms with Crippen molar-refractivity contribution >= 4 is 56.5 Å². The minimum absolute atomic E-state index is 0.220. The van der Waals surface area contributed by atoms with Crippen LogP contribution in [0.5, 0.6) is 0 Å². The third-order valence-corrected chi connectivity index (χ3v) is 13.6. The Morgan fingerprint density at radius 1 is 0.429 bits per heavy atom. The molecule has 6 aromatic carbocycles. The van der Waals surface area contributed by atoms with E-state index < -0.39 is 8.07 Å². The molecule has 0 aliphatic rings. The highest BCUT2D eigenvalue weighted by atomic mass is 28.3. The van der Waals surface area contributed by atoms with Gasteiger partial charge in [-0.2, -0.15) is 0 Å². The molecule has 0 aliphatic carbocycles. The molecule has 0 spiro atoms. The number of para-hydroxylation sites is 3. The lowest BCUT2D eigenvalue weighted by Crippen LogP contribution is -2.73. The lowest BCUT2D eigenvalue weighted by Gasteiger charge is -2.41. The summed E-state index contributed by atoms with van der Waals surface area (Å²) in [5.74, 6) is -0.220. The van der Waals surface area contributed by atoms with Crippen molar-refractivity contribution in [2.24, 2.45) is 0 Å². The van der Waals surface area contributed by atoms with Gasteiger partial charge in [0.15, 0.2) is 8.07 Å². The average Bonchev–Trinajstić information content (AvgIpc) is 3.64. The standard InChI is InChI=1S/C37H28N4Si/c1-4-16-28(17-5-1)42(29-18-6-2-7-19-29,30-20-8-3-9-21-30)37(41-36-27-15-12-24-33(36)38-39-41)40-34-25-13-10-22-31(34)32-23-11-14-26-35(32)40/h1-27,37H. The first-order chi connectivity index (χ1) is 20.9. The molecular weight excluding hydrogens is 529 g/mol. The van der Waals surface area contributed by atoms with Gasteiger partial charge in [-0.15, -0.1) is 5.10 Å². The summed E-state index contributed by atoms with van der Waals surface area (Å²) in [6.07, 6.45) is 0. The third kappa shape index (κ3) is 3.60. The maximum atomic E-state index is 4.99. The van der Waals surface area contributed by atoms with E-state index >= 15 is 0 Å². The molecule has 42 heavy (non-hydrogen) atoms. The van der Waals surface area contributed by atoms with Crippen molar-refractivity contribution in [3.63, 3.8) is 0 Å². The van der Waals surface area contributed by atoms with E-state index in [1.807, 2.05) is 6.07 Å². The van der Waals surface area contributed by atoms with Crippen LogP contribution in [0.25, 0.3) is 32.8 Å². The quantitative estimate of drug-likeness (QED) is 0.178. The summed E-state index contributed by atoms with van der Waals surface area (Å²) in [6, 6.07) is 59.1. The van der Waals surface area contributed by atoms with Crippen LogP contribution in [-0.2, 0) is 0 Å². The molecule has 0 fully saturated rings. The zero-order valence-electron chi connectivity index (χ0n) is 23.0. The molecule has 8 rings (SSSR count). The number of fused-ring (bicyclic) bond motifs is 4. The van der Waals surface area contributed by atoms with Gasteiger partial charge in [-0.05, 0) is 39.8 Å². The first-order valence-corrected chi connectivity index (χ1v) is 16.4. The maximum absolute atomic E-state index is 4.99. The van der Waals surface area contributed by atoms with E-state index in [0.29, 0.717) is 0 Å². The summed E-state index contributed by atoms with van der Waals surface area (Å²) in [4.78, 5) is 0. The fourth-order valence-electron chi connectivity index (χ4n) is 6.82. The third-order valence-electron chi connectivity index (χ3n) is 8.55. The summed E-state index contributed by atoms with van der Waals surface area (Å²) in [6.45, 7) is 0. The highest BCUT2D eigenvalue weighted by Crippen LogP contribution is 2.37. The van der Waals surface area contributed by atoms with E-state index in [0.717, 1.165) is 11.0 Å². The Balaban J connectivity index is 1.63. The second kappa shape index (κ2) is 9.98. The van der Waals surface area contributed by atoms with E-state index in [1.165, 1.54) is 37.4 Å². The molecule has 200 valence electrons. The molecule has 1 atom stereocenters. The van der Waals surface area contributed by atoms with Crippen LogP contribution in [0.3, 0.4) is 0 Å². The second-order valence-electron chi connectivity index (χ2n) is 10.7. The second-order valence-corrected chi connectivity index (χ2v) is 14.6. The van der Waals surface area contributed by atoms with Crippen LogP contribution in [0, 0.1) is 0 Å². The summed E-state index contributed by atoms with van der Waals surface area (Å²) >= 11 is 0. The van der Waals surface area contributed by atoms with Gasteiger partial charge < -0.3 is 4.57 Å². The van der Waals surface area contributed by atoms with E-state index in [1.54, 1.807) is 0 Å². The van der Waals surface area contributed by atoms with Crippen LogP contribution in [0.1, 0.15) is 5.79 Å². The van der Waals surface area contributed by atoms with Gasteiger partial charge in [0.1, 0.15) is 11.3 Å². The van der Waals surface area contributed by atoms with Crippen molar-refractivity contribution in [2.75, 3.05) is 0 Å². The number of rotatable bonds is 6. The first kappa shape index (κ1) is 24.5. The van der Waals surface area contributed by atoms with Crippen molar-refractivity contribution in [1.82, 2.24) is 19.6 Å². The van der Waals surface area contributed by atoms with E-state index in [-0.39, 0.29) is 5.79 Å². The van der Waals surface area contributed by atoms with Crippen molar-refractivity contribution in [1.29, 1.82) is 0 Å². The van der Waals surface area contributed by atoms with Gasteiger partial charge in [0.25, 0.3) is 0 Å². The van der Waals surface area contributed by atoms with E-state index in [4.69, 9.17) is 10.3 Å². The molecule has 0 bridgehead atoms. The molecule has 0 radical (unpaired) electrons.